The van der Waals surface area contributed by atoms with Gasteiger partial charge < -0.3 is 14.2 Å². The number of hydrogen-bond acceptors (Lipinski definition) is 7. The Bertz CT molecular complexity index is 1270. The van der Waals surface area contributed by atoms with E-state index in [1.807, 2.05) is 21.8 Å². The summed E-state index contributed by atoms with van der Waals surface area (Å²) in [5, 5.41) is 6.85. The molecule has 36 heavy (non-hydrogen) atoms. The van der Waals surface area contributed by atoms with E-state index in [0.29, 0.717) is 28.6 Å². The second-order valence-electron chi connectivity index (χ2n) is 9.82. The molecule has 1 atom stereocenters. The minimum absolute atomic E-state index is 0.0495. The molecule has 6 heterocycles. The van der Waals surface area contributed by atoms with E-state index in [-0.39, 0.29) is 11.5 Å². The number of piperidine rings is 1. The summed E-state index contributed by atoms with van der Waals surface area (Å²) in [5.74, 6) is -1.85. The summed E-state index contributed by atoms with van der Waals surface area (Å²) in [5.41, 5.74) is 1.56. The number of thiophene rings is 1. The van der Waals surface area contributed by atoms with Crippen LogP contribution in [-0.2, 0) is 22.8 Å². The Balaban J connectivity index is 1.12. The Hall–Kier alpha value is -2.40. The van der Waals surface area contributed by atoms with E-state index in [2.05, 4.69) is 27.9 Å². The average molecular weight is 533 g/mol. The lowest BCUT2D eigenvalue weighted by atomic mass is 9.84. The molecule has 0 aliphatic carbocycles. The molecule has 7 nitrogen and oxygen atoms in total. The fourth-order valence-corrected chi connectivity index (χ4v) is 6.94. The van der Waals surface area contributed by atoms with Crippen LogP contribution < -0.4 is 5.01 Å². The summed E-state index contributed by atoms with van der Waals surface area (Å²) in [6, 6.07) is 5.44. The molecule has 1 spiro atoms. The highest BCUT2D eigenvalue weighted by Crippen LogP contribution is 2.52. The second-order valence-corrected chi connectivity index (χ2v) is 11.5. The number of anilines is 1. The van der Waals surface area contributed by atoms with Gasteiger partial charge >= 0.3 is 0 Å². The molecule has 3 aliphatic heterocycles. The molecule has 0 amide bonds. The van der Waals surface area contributed by atoms with Crippen LogP contribution in [-0.4, -0.2) is 57.9 Å². The standard InChI is InChI=1S/C25H27ClF2N6OS/c1-17-19(14-34(31-17)23-18(3-2-6-30-23)12-33-10-7-29-16-33)13-32-8-4-24(5-9-32)22-20(11-21(26)36-22)25(27,28)15-35-24/h2-3,6-7,10-11,16,19H,4-5,8-9,12-15H2,1H3. The van der Waals surface area contributed by atoms with Gasteiger partial charge in [-0.3, -0.25) is 0 Å². The van der Waals surface area contributed by atoms with E-state index in [1.54, 1.807) is 18.7 Å². The van der Waals surface area contributed by atoms with Gasteiger partial charge in [0.2, 0.25) is 0 Å². The molecule has 6 rings (SSSR count). The summed E-state index contributed by atoms with van der Waals surface area (Å²) < 4.78 is 37.1. The van der Waals surface area contributed by atoms with Crippen molar-refractivity contribution in [3.63, 3.8) is 0 Å². The number of aromatic nitrogens is 3. The van der Waals surface area contributed by atoms with Crippen molar-refractivity contribution >= 4 is 34.5 Å². The minimum atomic E-state index is -2.98. The van der Waals surface area contributed by atoms with Crippen LogP contribution in [0.1, 0.15) is 35.8 Å². The van der Waals surface area contributed by atoms with Gasteiger partial charge in [-0.1, -0.05) is 17.7 Å². The number of nitrogens with zero attached hydrogens (tertiary/aromatic N) is 6. The highest BCUT2D eigenvalue weighted by Gasteiger charge is 2.51. The van der Waals surface area contributed by atoms with Crippen LogP contribution in [0.3, 0.4) is 0 Å². The smallest absolute Gasteiger partial charge is 0.297 e. The molecule has 0 aromatic carbocycles. The molecule has 0 N–H and O–H groups in total. The van der Waals surface area contributed by atoms with Gasteiger partial charge in [0, 0.05) is 65.9 Å². The Kier molecular flexibility index (Phi) is 6.10. The maximum Gasteiger partial charge on any atom is 0.297 e. The van der Waals surface area contributed by atoms with Gasteiger partial charge in [-0.15, -0.1) is 11.3 Å². The zero-order chi connectivity index (χ0) is 24.9. The van der Waals surface area contributed by atoms with Gasteiger partial charge in [-0.2, -0.15) is 13.9 Å². The van der Waals surface area contributed by atoms with Gasteiger partial charge in [0.25, 0.3) is 5.92 Å². The quantitative estimate of drug-likeness (QED) is 0.464. The van der Waals surface area contributed by atoms with E-state index < -0.39 is 18.1 Å². The first kappa shape index (κ1) is 24.0. The van der Waals surface area contributed by atoms with E-state index in [9.17, 15) is 8.78 Å². The molecule has 0 saturated carbocycles. The van der Waals surface area contributed by atoms with Crippen molar-refractivity contribution in [2.75, 3.05) is 37.8 Å². The van der Waals surface area contributed by atoms with Crippen molar-refractivity contribution in [3.8, 4) is 0 Å². The predicted octanol–water partition coefficient (Wildman–Crippen LogP) is 4.97. The zero-order valence-corrected chi connectivity index (χ0v) is 21.5. The van der Waals surface area contributed by atoms with E-state index in [0.717, 1.165) is 43.3 Å². The lowest BCUT2D eigenvalue weighted by Crippen LogP contribution is -2.50. The van der Waals surface area contributed by atoms with Crippen LogP contribution in [0.2, 0.25) is 4.34 Å². The number of likely N-dealkylation sites (tertiary alicyclic amines) is 1. The molecular formula is C25H27ClF2N6OS. The van der Waals surface area contributed by atoms with Crippen molar-refractivity contribution in [2.45, 2.75) is 37.8 Å². The zero-order valence-electron chi connectivity index (χ0n) is 19.9. The number of hydrazone groups is 1. The number of alkyl halides is 2. The molecule has 1 unspecified atom stereocenters. The monoisotopic (exact) mass is 532 g/mol. The topological polar surface area (TPSA) is 58.8 Å². The van der Waals surface area contributed by atoms with Crippen LogP contribution in [0.15, 0.2) is 48.2 Å². The first-order valence-electron chi connectivity index (χ1n) is 12.1. The Morgan fingerprint density at radius 1 is 1.25 bits per heavy atom. The summed E-state index contributed by atoms with van der Waals surface area (Å²) in [4.78, 5) is 11.8. The van der Waals surface area contributed by atoms with E-state index in [1.165, 1.54) is 17.4 Å². The van der Waals surface area contributed by atoms with E-state index >= 15 is 0 Å². The number of pyridine rings is 1. The Morgan fingerprint density at radius 2 is 2.08 bits per heavy atom. The molecule has 11 heteroatoms. The van der Waals surface area contributed by atoms with Gasteiger partial charge in [0.05, 0.1) is 23.8 Å². The fourth-order valence-electron chi connectivity index (χ4n) is 5.46. The summed E-state index contributed by atoms with van der Waals surface area (Å²) in [6.07, 6.45) is 8.65. The molecule has 3 aliphatic rings. The second kappa shape index (κ2) is 9.16. The number of fused-ring (bicyclic) bond motifs is 2. The van der Waals surface area contributed by atoms with Crippen LogP contribution >= 0.6 is 22.9 Å². The van der Waals surface area contributed by atoms with Crippen LogP contribution in [0.25, 0.3) is 0 Å². The van der Waals surface area contributed by atoms with Gasteiger partial charge in [0.1, 0.15) is 12.2 Å². The number of ether oxygens (including phenoxy) is 1. The number of hydrogen-bond donors (Lipinski definition) is 0. The first-order chi connectivity index (χ1) is 17.3. The van der Waals surface area contributed by atoms with E-state index in [4.69, 9.17) is 21.4 Å². The molecule has 3 aromatic heterocycles. The molecule has 1 saturated heterocycles. The number of rotatable bonds is 5. The third-order valence-corrected chi connectivity index (χ3v) is 8.92. The lowest BCUT2D eigenvalue weighted by molar-refractivity contribution is -0.181. The molecule has 3 aromatic rings. The minimum Gasteiger partial charge on any atom is -0.363 e. The summed E-state index contributed by atoms with van der Waals surface area (Å²) in [7, 11) is 0. The number of imidazole rings is 1. The molecule has 190 valence electrons. The van der Waals surface area contributed by atoms with Crippen molar-refractivity contribution in [3.05, 3.63) is 63.5 Å². The SMILES string of the molecule is CC1=NN(c2ncccc2Cn2ccnc2)CC1CN1CCC2(CC1)OCC(F)(F)c1cc(Cl)sc12. The average Bonchev–Trinajstić information content (AvgIpc) is 3.60. The third kappa shape index (κ3) is 4.34. The Labute approximate surface area is 217 Å². The highest BCUT2D eigenvalue weighted by molar-refractivity contribution is 7.16. The normalized spacial score (nSPS) is 23.2. The molecule has 0 radical (unpaired) electrons. The molecular weight excluding hydrogens is 506 g/mol. The summed E-state index contributed by atoms with van der Waals surface area (Å²) in [6.45, 7) is 5.35. The van der Waals surface area contributed by atoms with Crippen LogP contribution in [0, 0.1) is 5.92 Å². The largest absolute Gasteiger partial charge is 0.363 e. The Morgan fingerprint density at radius 3 is 2.86 bits per heavy atom. The van der Waals surface area contributed by atoms with Crippen molar-refractivity contribution < 1.29 is 13.5 Å². The highest BCUT2D eigenvalue weighted by atomic mass is 35.5. The summed E-state index contributed by atoms with van der Waals surface area (Å²) >= 11 is 7.38. The van der Waals surface area contributed by atoms with Crippen molar-refractivity contribution in [1.29, 1.82) is 0 Å². The maximum absolute atomic E-state index is 14.4. The first-order valence-corrected chi connectivity index (χ1v) is 13.3. The van der Waals surface area contributed by atoms with Gasteiger partial charge in [-0.25, -0.2) is 15.0 Å². The maximum atomic E-state index is 14.4. The van der Waals surface area contributed by atoms with Crippen LogP contribution in [0.5, 0.6) is 0 Å². The fraction of sp³-hybridized carbons (Fsp3) is 0.480. The third-order valence-electron chi connectivity index (χ3n) is 7.47. The lowest BCUT2D eigenvalue weighted by Gasteiger charge is -2.45. The van der Waals surface area contributed by atoms with Gasteiger partial charge in [-0.05, 0) is 31.9 Å². The molecule has 1 fully saturated rings. The van der Waals surface area contributed by atoms with Crippen molar-refractivity contribution in [1.82, 2.24) is 19.4 Å². The van der Waals surface area contributed by atoms with Crippen molar-refractivity contribution in [2.24, 2.45) is 11.0 Å². The molecule has 0 bridgehead atoms. The van der Waals surface area contributed by atoms with Crippen LogP contribution in [0.4, 0.5) is 14.6 Å². The van der Waals surface area contributed by atoms with Gasteiger partial charge in [0.15, 0.2) is 5.82 Å². The number of halogens is 3. The predicted molar refractivity (Wildman–Crippen MR) is 136 cm³/mol.